The van der Waals surface area contributed by atoms with Crippen molar-refractivity contribution in [1.29, 1.82) is 0 Å². The van der Waals surface area contributed by atoms with Gasteiger partial charge in [0.15, 0.2) is 5.82 Å². The minimum absolute atomic E-state index is 0.431. The van der Waals surface area contributed by atoms with Crippen molar-refractivity contribution in [3.63, 3.8) is 0 Å². The number of imidazole rings is 1. The van der Waals surface area contributed by atoms with E-state index in [1.807, 2.05) is 6.20 Å². The first-order valence-electron chi connectivity index (χ1n) is 7.34. The Morgan fingerprint density at radius 2 is 2.29 bits per heavy atom. The van der Waals surface area contributed by atoms with Crippen molar-refractivity contribution in [3.8, 4) is 0 Å². The van der Waals surface area contributed by atoms with E-state index in [2.05, 4.69) is 30.2 Å². The molecule has 0 aliphatic carbocycles. The van der Waals surface area contributed by atoms with Crippen molar-refractivity contribution in [1.82, 2.24) is 19.3 Å². The molecule has 0 bridgehead atoms. The first kappa shape index (κ1) is 13.5. The van der Waals surface area contributed by atoms with Crippen LogP contribution in [0.25, 0.3) is 5.52 Å². The zero-order valence-corrected chi connectivity index (χ0v) is 13.3. The standard InChI is InChI=1S/C14H18BrN5O/c15-12-11-13(16)17-3-4-20(11)14(18-12)9-1-2-10-8-21-6-5-19(10)7-9/h3-4,9-10H,1-2,5-8H2,(H2,16,17). The second-order valence-corrected chi connectivity index (χ2v) is 6.54. The summed E-state index contributed by atoms with van der Waals surface area (Å²) in [6.45, 7) is 3.78. The Kier molecular flexibility index (Phi) is 3.35. The molecule has 2 N–H and O–H groups in total. The quantitative estimate of drug-likeness (QED) is 0.845. The van der Waals surface area contributed by atoms with Crippen LogP contribution in [0, 0.1) is 0 Å². The van der Waals surface area contributed by atoms with Crippen LogP contribution < -0.4 is 5.73 Å². The number of ether oxygens (including phenoxy) is 1. The number of fused-ring (bicyclic) bond motifs is 2. The first-order valence-corrected chi connectivity index (χ1v) is 8.13. The van der Waals surface area contributed by atoms with Gasteiger partial charge in [0.25, 0.3) is 0 Å². The van der Waals surface area contributed by atoms with Crippen LogP contribution in [-0.4, -0.2) is 51.6 Å². The molecule has 2 aliphatic rings. The molecular formula is C14H18BrN5O. The fourth-order valence-electron chi connectivity index (χ4n) is 3.50. The predicted molar refractivity (Wildman–Crippen MR) is 83.3 cm³/mol. The number of hydrogen-bond acceptors (Lipinski definition) is 5. The van der Waals surface area contributed by atoms with Crippen molar-refractivity contribution in [3.05, 3.63) is 22.8 Å². The summed E-state index contributed by atoms with van der Waals surface area (Å²) in [7, 11) is 0. The van der Waals surface area contributed by atoms with Crippen molar-refractivity contribution in [2.24, 2.45) is 0 Å². The molecule has 0 aromatic carbocycles. The third kappa shape index (κ3) is 2.23. The summed E-state index contributed by atoms with van der Waals surface area (Å²) in [6.07, 6.45) is 5.99. The molecule has 4 rings (SSSR count). The van der Waals surface area contributed by atoms with Gasteiger partial charge >= 0.3 is 0 Å². The highest BCUT2D eigenvalue weighted by atomic mass is 79.9. The number of hydrogen-bond donors (Lipinski definition) is 1. The Bertz CT molecular complexity index is 673. The Hall–Kier alpha value is -1.18. The molecule has 0 saturated carbocycles. The van der Waals surface area contributed by atoms with Gasteiger partial charge in [-0.3, -0.25) is 9.30 Å². The fourth-order valence-corrected chi connectivity index (χ4v) is 4.08. The van der Waals surface area contributed by atoms with E-state index in [4.69, 9.17) is 15.5 Å². The number of nitrogens with two attached hydrogens (primary N) is 1. The zero-order chi connectivity index (χ0) is 14.4. The van der Waals surface area contributed by atoms with Crippen LogP contribution in [0.1, 0.15) is 24.6 Å². The monoisotopic (exact) mass is 351 g/mol. The summed E-state index contributed by atoms with van der Waals surface area (Å²) < 4.78 is 8.44. The molecule has 21 heavy (non-hydrogen) atoms. The lowest BCUT2D eigenvalue weighted by molar-refractivity contribution is -0.0285. The van der Waals surface area contributed by atoms with Crippen LogP contribution in [0.15, 0.2) is 17.0 Å². The second kappa shape index (κ2) is 5.23. The summed E-state index contributed by atoms with van der Waals surface area (Å²) in [6, 6.07) is 0.580. The summed E-state index contributed by atoms with van der Waals surface area (Å²) in [5.74, 6) is 2.03. The maximum Gasteiger partial charge on any atom is 0.150 e. The van der Waals surface area contributed by atoms with Crippen LogP contribution >= 0.6 is 15.9 Å². The van der Waals surface area contributed by atoms with E-state index >= 15 is 0 Å². The van der Waals surface area contributed by atoms with Crippen molar-refractivity contribution in [2.45, 2.75) is 24.8 Å². The average Bonchev–Trinajstić information content (AvgIpc) is 2.85. The zero-order valence-electron chi connectivity index (χ0n) is 11.7. The summed E-state index contributed by atoms with van der Waals surface area (Å²) in [5, 5.41) is 0. The molecule has 2 saturated heterocycles. The Morgan fingerprint density at radius 3 is 3.19 bits per heavy atom. The van der Waals surface area contributed by atoms with E-state index in [9.17, 15) is 0 Å². The van der Waals surface area contributed by atoms with Gasteiger partial charge in [0, 0.05) is 37.4 Å². The third-order valence-electron chi connectivity index (χ3n) is 4.59. The molecule has 0 spiro atoms. The van der Waals surface area contributed by atoms with Crippen molar-refractivity contribution < 1.29 is 4.74 Å². The van der Waals surface area contributed by atoms with E-state index in [1.54, 1.807) is 6.20 Å². The minimum Gasteiger partial charge on any atom is -0.382 e. The van der Waals surface area contributed by atoms with Gasteiger partial charge in [0.1, 0.15) is 15.9 Å². The van der Waals surface area contributed by atoms with Gasteiger partial charge in [-0.25, -0.2) is 9.97 Å². The summed E-state index contributed by atoms with van der Waals surface area (Å²) >= 11 is 3.52. The predicted octanol–water partition coefficient (Wildman–Crippen LogP) is 1.65. The minimum atomic E-state index is 0.431. The Balaban J connectivity index is 1.69. The molecule has 0 amide bonds. The molecule has 2 aromatic heterocycles. The summed E-state index contributed by atoms with van der Waals surface area (Å²) in [5.41, 5.74) is 6.85. The number of piperidine rings is 1. The molecule has 2 fully saturated rings. The smallest absolute Gasteiger partial charge is 0.150 e. The number of nitrogens with zero attached hydrogens (tertiary/aromatic N) is 4. The molecule has 4 heterocycles. The largest absolute Gasteiger partial charge is 0.382 e. The number of rotatable bonds is 1. The van der Waals surface area contributed by atoms with Gasteiger partial charge < -0.3 is 10.5 Å². The highest BCUT2D eigenvalue weighted by Gasteiger charge is 2.33. The Morgan fingerprint density at radius 1 is 1.38 bits per heavy atom. The molecule has 6 nitrogen and oxygen atoms in total. The molecule has 0 radical (unpaired) electrons. The van der Waals surface area contributed by atoms with Gasteiger partial charge in [-0.05, 0) is 28.8 Å². The van der Waals surface area contributed by atoms with Crippen molar-refractivity contribution in [2.75, 3.05) is 32.0 Å². The number of anilines is 1. The van der Waals surface area contributed by atoms with Crippen molar-refractivity contribution >= 4 is 27.3 Å². The van der Waals surface area contributed by atoms with Crippen LogP contribution in [0.3, 0.4) is 0 Å². The molecule has 2 aromatic rings. The first-order chi connectivity index (χ1) is 10.2. The molecule has 2 atom stereocenters. The highest BCUT2D eigenvalue weighted by Crippen LogP contribution is 2.33. The number of nitrogen functional groups attached to an aromatic ring is 1. The van der Waals surface area contributed by atoms with Crippen LogP contribution in [0.2, 0.25) is 0 Å². The van der Waals surface area contributed by atoms with E-state index in [1.165, 1.54) is 0 Å². The van der Waals surface area contributed by atoms with Gasteiger partial charge in [-0.2, -0.15) is 0 Å². The Labute approximate surface area is 131 Å². The maximum absolute atomic E-state index is 5.98. The van der Waals surface area contributed by atoms with E-state index in [0.717, 1.165) is 55.1 Å². The van der Waals surface area contributed by atoms with E-state index in [0.29, 0.717) is 17.8 Å². The molecule has 2 aliphatic heterocycles. The number of halogens is 1. The maximum atomic E-state index is 5.98. The van der Waals surface area contributed by atoms with E-state index in [-0.39, 0.29) is 0 Å². The third-order valence-corrected chi connectivity index (χ3v) is 5.14. The van der Waals surface area contributed by atoms with Crippen LogP contribution in [-0.2, 0) is 4.74 Å². The molecular weight excluding hydrogens is 334 g/mol. The van der Waals surface area contributed by atoms with Gasteiger partial charge in [0.05, 0.1) is 13.2 Å². The summed E-state index contributed by atoms with van der Waals surface area (Å²) in [4.78, 5) is 11.4. The van der Waals surface area contributed by atoms with E-state index < -0.39 is 0 Å². The number of morpholine rings is 1. The lowest BCUT2D eigenvalue weighted by Crippen LogP contribution is -2.50. The van der Waals surface area contributed by atoms with Gasteiger partial charge in [-0.1, -0.05) is 0 Å². The van der Waals surface area contributed by atoms with Gasteiger partial charge in [0.2, 0.25) is 0 Å². The topological polar surface area (TPSA) is 68.7 Å². The lowest BCUT2D eigenvalue weighted by Gasteiger charge is -2.41. The lowest BCUT2D eigenvalue weighted by atomic mass is 9.92. The van der Waals surface area contributed by atoms with Gasteiger partial charge in [-0.15, -0.1) is 0 Å². The average molecular weight is 352 g/mol. The SMILES string of the molecule is Nc1nccn2c(C3CCC4COCCN4C3)nc(Br)c12. The second-order valence-electron chi connectivity index (χ2n) is 5.79. The molecule has 2 unspecified atom stereocenters. The fraction of sp³-hybridized carbons (Fsp3) is 0.571. The number of aromatic nitrogens is 3. The molecule has 7 heteroatoms. The highest BCUT2D eigenvalue weighted by molar-refractivity contribution is 9.10. The van der Waals surface area contributed by atoms with Crippen LogP contribution in [0.4, 0.5) is 5.82 Å². The molecule has 112 valence electrons. The normalized spacial score (nSPS) is 26.9. The van der Waals surface area contributed by atoms with Crippen LogP contribution in [0.5, 0.6) is 0 Å².